The van der Waals surface area contributed by atoms with Gasteiger partial charge in [0.1, 0.15) is 12.7 Å². The van der Waals surface area contributed by atoms with Gasteiger partial charge in [-0.1, -0.05) is 42.5 Å². The Labute approximate surface area is 142 Å². The van der Waals surface area contributed by atoms with Crippen molar-refractivity contribution in [1.29, 1.82) is 0 Å². The molecule has 116 valence electrons. The second-order valence-electron chi connectivity index (χ2n) is 6.05. The van der Waals surface area contributed by atoms with Gasteiger partial charge in [0.05, 0.1) is 5.56 Å². The summed E-state index contributed by atoms with van der Waals surface area (Å²) in [4.78, 5) is 4.51. The SMILES string of the molecule is Cc1ccc2ccccc2c1-c1cccc(-c2ccccn2)[n+]1C. The van der Waals surface area contributed by atoms with Crippen LogP contribution in [0.4, 0.5) is 0 Å². The van der Waals surface area contributed by atoms with Crippen LogP contribution in [0.2, 0.25) is 0 Å². The van der Waals surface area contributed by atoms with Gasteiger partial charge < -0.3 is 0 Å². The summed E-state index contributed by atoms with van der Waals surface area (Å²) in [5, 5.41) is 2.55. The van der Waals surface area contributed by atoms with E-state index in [2.05, 4.69) is 84.2 Å². The Morgan fingerprint density at radius 3 is 2.38 bits per heavy atom. The lowest BCUT2D eigenvalue weighted by molar-refractivity contribution is -0.649. The molecule has 4 aromatic rings. The molecule has 0 bridgehead atoms. The Kier molecular flexibility index (Phi) is 3.58. The average molecular weight is 311 g/mol. The molecule has 2 aromatic carbocycles. The van der Waals surface area contributed by atoms with Crippen LogP contribution >= 0.6 is 0 Å². The lowest BCUT2D eigenvalue weighted by Gasteiger charge is -2.10. The van der Waals surface area contributed by atoms with E-state index in [4.69, 9.17) is 0 Å². The monoisotopic (exact) mass is 311 g/mol. The van der Waals surface area contributed by atoms with Gasteiger partial charge in [0, 0.05) is 18.3 Å². The van der Waals surface area contributed by atoms with Crippen LogP contribution in [-0.4, -0.2) is 4.98 Å². The summed E-state index contributed by atoms with van der Waals surface area (Å²) in [5.41, 5.74) is 5.86. The van der Waals surface area contributed by atoms with Gasteiger partial charge in [0.2, 0.25) is 11.4 Å². The second-order valence-corrected chi connectivity index (χ2v) is 6.05. The minimum absolute atomic E-state index is 0.986. The molecule has 0 spiro atoms. The van der Waals surface area contributed by atoms with Crippen molar-refractivity contribution in [3.63, 3.8) is 0 Å². The van der Waals surface area contributed by atoms with E-state index in [9.17, 15) is 0 Å². The van der Waals surface area contributed by atoms with Gasteiger partial charge in [-0.3, -0.25) is 0 Å². The van der Waals surface area contributed by atoms with Gasteiger partial charge in [-0.2, -0.15) is 4.57 Å². The molecule has 0 aliphatic heterocycles. The molecule has 24 heavy (non-hydrogen) atoms. The number of aromatic nitrogens is 2. The third kappa shape index (κ3) is 2.37. The van der Waals surface area contributed by atoms with Crippen molar-refractivity contribution in [2.24, 2.45) is 7.05 Å². The highest BCUT2D eigenvalue weighted by molar-refractivity contribution is 5.96. The van der Waals surface area contributed by atoms with Crippen LogP contribution in [0.25, 0.3) is 33.4 Å². The summed E-state index contributed by atoms with van der Waals surface area (Å²) >= 11 is 0. The van der Waals surface area contributed by atoms with Crippen LogP contribution in [0.3, 0.4) is 0 Å². The van der Waals surface area contributed by atoms with E-state index in [1.165, 1.54) is 27.6 Å². The first-order chi connectivity index (χ1) is 11.8. The Morgan fingerprint density at radius 2 is 1.54 bits per heavy atom. The molecule has 0 saturated carbocycles. The molecule has 0 N–H and O–H groups in total. The average Bonchev–Trinajstić information content (AvgIpc) is 2.63. The molecule has 4 rings (SSSR count). The number of benzene rings is 2. The maximum atomic E-state index is 4.51. The lowest BCUT2D eigenvalue weighted by Crippen LogP contribution is -2.34. The summed E-state index contributed by atoms with van der Waals surface area (Å²) in [7, 11) is 2.11. The largest absolute Gasteiger partial charge is 0.250 e. The number of hydrogen-bond acceptors (Lipinski definition) is 1. The molecule has 0 amide bonds. The maximum Gasteiger partial charge on any atom is 0.231 e. The Bertz CT molecular complexity index is 1020. The first kappa shape index (κ1) is 14.6. The van der Waals surface area contributed by atoms with Crippen molar-refractivity contribution < 1.29 is 4.57 Å². The third-order valence-electron chi connectivity index (χ3n) is 4.55. The highest BCUT2D eigenvalue weighted by Gasteiger charge is 2.19. The summed E-state index contributed by atoms with van der Waals surface area (Å²) in [6, 6.07) is 25.4. The number of pyridine rings is 2. The molecule has 2 heterocycles. The van der Waals surface area contributed by atoms with E-state index in [-0.39, 0.29) is 0 Å². The van der Waals surface area contributed by atoms with E-state index in [0.717, 1.165) is 11.4 Å². The van der Waals surface area contributed by atoms with E-state index >= 15 is 0 Å². The number of fused-ring (bicyclic) bond motifs is 1. The zero-order valence-electron chi connectivity index (χ0n) is 13.9. The number of hydrogen-bond donors (Lipinski definition) is 0. The molecule has 0 aliphatic carbocycles. The first-order valence-corrected chi connectivity index (χ1v) is 8.15. The van der Waals surface area contributed by atoms with Crippen molar-refractivity contribution in [3.8, 4) is 22.6 Å². The van der Waals surface area contributed by atoms with Crippen LogP contribution in [0.1, 0.15) is 5.56 Å². The highest BCUT2D eigenvalue weighted by atomic mass is 15.0. The van der Waals surface area contributed by atoms with Crippen molar-refractivity contribution in [1.82, 2.24) is 4.98 Å². The van der Waals surface area contributed by atoms with Crippen LogP contribution in [-0.2, 0) is 7.05 Å². The molecule has 0 unspecified atom stereocenters. The fourth-order valence-electron chi connectivity index (χ4n) is 3.33. The molecule has 0 aliphatic rings. The first-order valence-electron chi connectivity index (χ1n) is 8.15. The third-order valence-corrected chi connectivity index (χ3v) is 4.55. The molecular formula is C22H19N2+. The minimum Gasteiger partial charge on any atom is -0.250 e. The smallest absolute Gasteiger partial charge is 0.231 e. The van der Waals surface area contributed by atoms with Gasteiger partial charge in [-0.05, 0) is 41.5 Å². The van der Waals surface area contributed by atoms with Crippen LogP contribution in [0.5, 0.6) is 0 Å². The van der Waals surface area contributed by atoms with Crippen LogP contribution in [0.15, 0.2) is 79.0 Å². The van der Waals surface area contributed by atoms with Crippen molar-refractivity contribution in [2.75, 3.05) is 0 Å². The number of aryl methyl sites for hydroxylation is 1. The molecule has 2 nitrogen and oxygen atoms in total. The van der Waals surface area contributed by atoms with E-state index in [0.29, 0.717) is 0 Å². The minimum atomic E-state index is 0.986. The Balaban J connectivity index is 2.01. The second kappa shape index (κ2) is 5.89. The van der Waals surface area contributed by atoms with Crippen molar-refractivity contribution >= 4 is 10.8 Å². The Morgan fingerprint density at radius 1 is 0.750 bits per heavy atom. The van der Waals surface area contributed by atoms with Gasteiger partial charge >= 0.3 is 0 Å². The molecule has 0 saturated heterocycles. The summed E-state index contributed by atoms with van der Waals surface area (Å²) < 4.78 is 2.23. The van der Waals surface area contributed by atoms with E-state index in [1.54, 1.807) is 0 Å². The molecule has 0 atom stereocenters. The molecule has 2 aromatic heterocycles. The lowest BCUT2D eigenvalue weighted by atomic mass is 9.96. The molecular weight excluding hydrogens is 292 g/mol. The van der Waals surface area contributed by atoms with Crippen LogP contribution in [0, 0.1) is 6.92 Å². The van der Waals surface area contributed by atoms with Gasteiger partial charge in [-0.25, -0.2) is 4.98 Å². The topological polar surface area (TPSA) is 16.8 Å². The van der Waals surface area contributed by atoms with Gasteiger partial charge in [-0.15, -0.1) is 0 Å². The predicted molar refractivity (Wildman–Crippen MR) is 98.5 cm³/mol. The van der Waals surface area contributed by atoms with Crippen LogP contribution < -0.4 is 4.57 Å². The predicted octanol–water partition coefficient (Wildman–Crippen LogP) is 4.70. The molecule has 0 radical (unpaired) electrons. The van der Waals surface area contributed by atoms with E-state index < -0.39 is 0 Å². The normalized spacial score (nSPS) is 10.9. The number of nitrogens with zero attached hydrogens (tertiary/aromatic N) is 2. The quantitative estimate of drug-likeness (QED) is 0.490. The summed E-state index contributed by atoms with van der Waals surface area (Å²) in [6.45, 7) is 2.18. The van der Waals surface area contributed by atoms with Gasteiger partial charge in [0.25, 0.3) is 0 Å². The van der Waals surface area contributed by atoms with E-state index in [1.807, 2.05) is 18.3 Å². The van der Waals surface area contributed by atoms with Crippen molar-refractivity contribution in [2.45, 2.75) is 6.92 Å². The fraction of sp³-hybridized carbons (Fsp3) is 0.0909. The fourth-order valence-corrected chi connectivity index (χ4v) is 3.33. The maximum absolute atomic E-state index is 4.51. The van der Waals surface area contributed by atoms with Crippen molar-refractivity contribution in [3.05, 3.63) is 84.6 Å². The molecule has 0 fully saturated rings. The summed E-state index contributed by atoms with van der Waals surface area (Å²) in [5.74, 6) is 0. The standard InChI is InChI=1S/C22H19N2/c1-16-13-14-17-8-3-4-9-18(17)22(16)21-12-7-11-20(24(21)2)19-10-5-6-15-23-19/h3-15H,1-2H3/q+1. The zero-order chi connectivity index (χ0) is 16.5. The highest BCUT2D eigenvalue weighted by Crippen LogP contribution is 2.30. The zero-order valence-corrected chi connectivity index (χ0v) is 13.9. The Hall–Kier alpha value is -3.00. The van der Waals surface area contributed by atoms with Gasteiger partial charge in [0.15, 0.2) is 0 Å². The molecule has 2 heteroatoms. The summed E-state index contributed by atoms with van der Waals surface area (Å²) in [6.07, 6.45) is 1.84. The number of rotatable bonds is 2.